The van der Waals surface area contributed by atoms with Crippen molar-refractivity contribution in [2.75, 3.05) is 13.2 Å². The zero-order valence-corrected chi connectivity index (χ0v) is 34.1. The van der Waals surface area contributed by atoms with Crippen LogP contribution >= 0.6 is 0 Å². The van der Waals surface area contributed by atoms with E-state index in [0.717, 1.165) is 38.5 Å². The molecule has 15 nitrogen and oxygen atoms in total. The maximum atomic E-state index is 12.5. The number of allylic oxidation sites excluding steroid dienone is 2. The molecule has 0 aromatic rings. The van der Waals surface area contributed by atoms with E-state index in [1.807, 2.05) is 13.8 Å². The molecule has 9 N–H and O–H groups in total. The summed E-state index contributed by atoms with van der Waals surface area (Å²) in [5.74, 6) is -1.90. The summed E-state index contributed by atoms with van der Waals surface area (Å²) in [5.41, 5.74) is -0.640. The minimum absolute atomic E-state index is 0.0524. The number of aliphatic hydroxyl groups excluding tert-OH is 7. The summed E-state index contributed by atoms with van der Waals surface area (Å²) in [7, 11) is 0. The van der Waals surface area contributed by atoms with Gasteiger partial charge in [0.05, 0.1) is 24.7 Å². The molecule has 57 heavy (non-hydrogen) atoms. The Hall–Kier alpha value is -1.76. The fraction of sp³-hybridized carbons (Fsp3) is 0.905. The standard InChI is InChI=1S/C42H66O15/c1-37-13-14-38(2,36(52)53)17-21(37)20-7-8-24-39(3)11-10-25(40(4,19-44)23(39)9-12-42(24,6)41(20,5)16-15-37)55-35-32(29(48)28(47)31(56-35)33(50)51)57-34-30(49)27(46)26(45)22(18-43)54-34/h7,21-32,34-35,43-49H,8-19H2,1-6H3,(H,50,51)(H,52,53)/t21-,22+,23+,24+,25-,26+,27-,28-,29-,30+,31-,32+,34-,35+,37+,38+,39-,40+,41+,42+/m0/s1. The molecule has 7 aliphatic rings. The number of carbonyl (C=O) groups is 2. The van der Waals surface area contributed by atoms with E-state index < -0.39 is 96.9 Å². The average molecular weight is 811 g/mol. The van der Waals surface area contributed by atoms with Gasteiger partial charge in [-0.1, -0.05) is 46.3 Å². The zero-order chi connectivity index (χ0) is 41.8. The quantitative estimate of drug-likeness (QED) is 0.126. The van der Waals surface area contributed by atoms with Crippen LogP contribution < -0.4 is 0 Å². The molecule has 6 fully saturated rings. The number of aliphatic carboxylic acids is 2. The molecular weight excluding hydrogens is 744 g/mol. The molecule has 0 aromatic heterocycles. The molecule has 0 radical (unpaired) electrons. The second-order valence-corrected chi connectivity index (χ2v) is 20.4. The number of carboxylic acids is 2. The molecule has 2 saturated heterocycles. The largest absolute Gasteiger partial charge is 0.481 e. The number of fused-ring (bicyclic) bond motifs is 7. The molecule has 0 unspecified atom stereocenters. The van der Waals surface area contributed by atoms with Crippen LogP contribution in [0.2, 0.25) is 0 Å². The lowest BCUT2D eigenvalue weighted by Gasteiger charge is -2.71. The van der Waals surface area contributed by atoms with Gasteiger partial charge in [0, 0.05) is 5.41 Å². The molecular formula is C42H66O15. The van der Waals surface area contributed by atoms with Crippen molar-refractivity contribution in [2.45, 2.75) is 173 Å². The summed E-state index contributed by atoms with van der Waals surface area (Å²) in [4.78, 5) is 24.7. The first-order valence-electron chi connectivity index (χ1n) is 21.0. The van der Waals surface area contributed by atoms with Crippen molar-refractivity contribution in [1.29, 1.82) is 0 Å². The number of hydrogen-bond acceptors (Lipinski definition) is 13. The van der Waals surface area contributed by atoms with Crippen LogP contribution in [0.1, 0.15) is 106 Å². The lowest BCUT2D eigenvalue weighted by molar-refractivity contribution is -0.375. The van der Waals surface area contributed by atoms with Crippen LogP contribution in [-0.2, 0) is 28.5 Å². The van der Waals surface area contributed by atoms with Gasteiger partial charge in [0.25, 0.3) is 0 Å². The highest BCUT2D eigenvalue weighted by atomic mass is 16.8. The van der Waals surface area contributed by atoms with Crippen LogP contribution in [0.3, 0.4) is 0 Å². The third kappa shape index (κ3) is 6.39. The third-order valence-electron chi connectivity index (χ3n) is 17.7. The summed E-state index contributed by atoms with van der Waals surface area (Å²) in [6, 6.07) is 0. The van der Waals surface area contributed by atoms with Gasteiger partial charge in [0.1, 0.15) is 42.7 Å². The highest BCUT2D eigenvalue weighted by molar-refractivity contribution is 5.74. The monoisotopic (exact) mass is 810 g/mol. The van der Waals surface area contributed by atoms with Crippen LogP contribution in [0, 0.1) is 50.2 Å². The Kier molecular flexibility index (Phi) is 11.2. The summed E-state index contributed by atoms with van der Waals surface area (Å²) < 4.78 is 23.8. The van der Waals surface area contributed by atoms with Crippen LogP contribution in [0.5, 0.6) is 0 Å². The molecule has 2 heterocycles. The molecule has 0 spiro atoms. The van der Waals surface area contributed by atoms with Gasteiger partial charge in [-0.3, -0.25) is 4.79 Å². The SMILES string of the molecule is C[C@@]1(C(=O)O)CC[C@]2(C)CC[C@]3(C)C(=CC[C@@H]4[C@@]5(C)CC[C@H](O[C@@H]6O[C@H](C(=O)O)[C@@H](O)[C@H](O)[C@H]6O[C@@H]6O[C@H](CO)[C@@H](O)[C@H](O)[C@H]6O)[C@](C)(CO)[C@@H]5CC[C@]43C)[C@@H]2C1. The van der Waals surface area contributed by atoms with E-state index in [9.17, 15) is 55.5 Å². The van der Waals surface area contributed by atoms with E-state index in [4.69, 9.17) is 18.9 Å². The molecule has 2 aliphatic heterocycles. The molecule has 5 aliphatic carbocycles. The summed E-state index contributed by atoms with van der Waals surface area (Å²) in [6.45, 7) is 12.4. The van der Waals surface area contributed by atoms with Crippen molar-refractivity contribution < 1.29 is 74.5 Å². The first-order chi connectivity index (χ1) is 26.5. The van der Waals surface area contributed by atoms with Gasteiger partial charge >= 0.3 is 11.9 Å². The van der Waals surface area contributed by atoms with Crippen LogP contribution in [0.4, 0.5) is 0 Å². The predicted molar refractivity (Wildman–Crippen MR) is 200 cm³/mol. The maximum Gasteiger partial charge on any atom is 0.335 e. The lowest BCUT2D eigenvalue weighted by atomic mass is 9.33. The van der Waals surface area contributed by atoms with Crippen molar-refractivity contribution in [3.63, 3.8) is 0 Å². The van der Waals surface area contributed by atoms with Gasteiger partial charge in [-0.15, -0.1) is 0 Å². The molecule has 7 rings (SSSR count). The fourth-order valence-corrected chi connectivity index (χ4v) is 13.6. The third-order valence-corrected chi connectivity index (χ3v) is 17.7. The summed E-state index contributed by atoms with van der Waals surface area (Å²) in [6.07, 6.45) is -7.93. The Balaban J connectivity index is 1.17. The normalized spacial score (nSPS) is 55.0. The van der Waals surface area contributed by atoms with E-state index in [1.54, 1.807) is 0 Å². The smallest absolute Gasteiger partial charge is 0.335 e. The average Bonchev–Trinajstić information content (AvgIpc) is 3.16. The van der Waals surface area contributed by atoms with E-state index >= 15 is 0 Å². The van der Waals surface area contributed by atoms with E-state index in [0.29, 0.717) is 25.7 Å². The van der Waals surface area contributed by atoms with Gasteiger partial charge < -0.3 is 64.9 Å². The Morgan fingerprint density at radius 2 is 1.44 bits per heavy atom. The Morgan fingerprint density at radius 3 is 2.07 bits per heavy atom. The zero-order valence-electron chi connectivity index (χ0n) is 34.1. The lowest BCUT2D eigenvalue weighted by Crippen LogP contribution is -2.67. The first kappa shape index (κ1) is 43.3. The van der Waals surface area contributed by atoms with Crippen LogP contribution in [0.25, 0.3) is 0 Å². The van der Waals surface area contributed by atoms with E-state index in [1.165, 1.54) is 5.57 Å². The minimum Gasteiger partial charge on any atom is -0.481 e. The topological polar surface area (TPSA) is 253 Å². The molecule has 0 amide bonds. The molecule has 0 bridgehead atoms. The van der Waals surface area contributed by atoms with Crippen molar-refractivity contribution in [2.24, 2.45) is 50.2 Å². The number of ether oxygens (including phenoxy) is 4. The second-order valence-electron chi connectivity index (χ2n) is 20.4. The van der Waals surface area contributed by atoms with Crippen LogP contribution in [0.15, 0.2) is 11.6 Å². The second kappa shape index (κ2) is 14.7. The predicted octanol–water partition coefficient (Wildman–Crippen LogP) is 1.95. The van der Waals surface area contributed by atoms with Gasteiger partial charge in [-0.25, -0.2) is 4.79 Å². The van der Waals surface area contributed by atoms with E-state index in [2.05, 4.69) is 33.8 Å². The maximum absolute atomic E-state index is 12.5. The number of aliphatic hydroxyl groups is 7. The van der Waals surface area contributed by atoms with E-state index in [-0.39, 0.29) is 46.0 Å². The van der Waals surface area contributed by atoms with Crippen molar-refractivity contribution in [1.82, 2.24) is 0 Å². The Bertz CT molecular complexity index is 1590. The fourth-order valence-electron chi connectivity index (χ4n) is 13.6. The molecule has 0 aromatic carbocycles. The number of carboxylic acid groups (broad SMARTS) is 2. The van der Waals surface area contributed by atoms with Gasteiger partial charge in [-0.05, 0) is 111 Å². The highest BCUT2D eigenvalue weighted by Gasteiger charge is 2.69. The van der Waals surface area contributed by atoms with Crippen molar-refractivity contribution in [3.05, 3.63) is 11.6 Å². The molecule has 324 valence electrons. The Morgan fingerprint density at radius 1 is 0.754 bits per heavy atom. The molecule has 15 heteroatoms. The highest BCUT2D eigenvalue weighted by Crippen LogP contribution is 2.76. The number of rotatable bonds is 8. The van der Waals surface area contributed by atoms with Crippen molar-refractivity contribution >= 4 is 11.9 Å². The Labute approximate surface area is 334 Å². The van der Waals surface area contributed by atoms with Gasteiger partial charge in [-0.2, -0.15) is 0 Å². The minimum atomic E-state index is -1.98. The summed E-state index contributed by atoms with van der Waals surface area (Å²) in [5, 5.41) is 94.7. The van der Waals surface area contributed by atoms with Crippen molar-refractivity contribution in [3.8, 4) is 0 Å². The molecule has 4 saturated carbocycles. The number of hydrogen-bond donors (Lipinski definition) is 9. The first-order valence-corrected chi connectivity index (χ1v) is 21.0. The summed E-state index contributed by atoms with van der Waals surface area (Å²) >= 11 is 0. The van der Waals surface area contributed by atoms with Gasteiger partial charge in [0.2, 0.25) is 0 Å². The van der Waals surface area contributed by atoms with Crippen LogP contribution in [-0.4, -0.2) is 139 Å². The van der Waals surface area contributed by atoms with Gasteiger partial charge in [0.15, 0.2) is 18.7 Å². The molecule has 20 atom stereocenters.